The second-order valence-corrected chi connectivity index (χ2v) is 5.14. The van der Waals surface area contributed by atoms with Crippen molar-refractivity contribution in [2.75, 3.05) is 13.2 Å². The summed E-state index contributed by atoms with van der Waals surface area (Å²) in [6.07, 6.45) is 5.16. The molecule has 4 heteroatoms. The Hall–Kier alpha value is -0.610. The quantitative estimate of drug-likeness (QED) is 0.708. The summed E-state index contributed by atoms with van der Waals surface area (Å²) in [6, 6.07) is 0.953. The number of fused-ring (bicyclic) bond motifs is 2. The summed E-state index contributed by atoms with van der Waals surface area (Å²) in [6.45, 7) is 1.46. The standard InChI is InChI=1S/C12H19NO3/c14-12(16-9-3-5-15-6-4-9)10-7-8-1-2-11(10)13-8/h8-11,13H,1-7H2. The minimum absolute atomic E-state index is 0.0200. The van der Waals surface area contributed by atoms with Crippen LogP contribution in [0.25, 0.3) is 0 Å². The highest BCUT2D eigenvalue weighted by atomic mass is 16.6. The molecule has 0 amide bonds. The van der Waals surface area contributed by atoms with E-state index in [4.69, 9.17) is 9.47 Å². The molecule has 3 heterocycles. The van der Waals surface area contributed by atoms with Crippen LogP contribution in [0.3, 0.4) is 0 Å². The SMILES string of the molecule is O=C(OC1CCOCC1)C1CC2CCC1N2. The summed E-state index contributed by atoms with van der Waals surface area (Å²) in [5.74, 6) is 0.133. The molecule has 3 atom stereocenters. The van der Waals surface area contributed by atoms with Gasteiger partial charge in [-0.1, -0.05) is 0 Å². The van der Waals surface area contributed by atoms with Crippen molar-refractivity contribution in [3.8, 4) is 0 Å². The molecule has 1 N–H and O–H groups in total. The van der Waals surface area contributed by atoms with Gasteiger partial charge in [-0.25, -0.2) is 0 Å². The van der Waals surface area contributed by atoms with Gasteiger partial charge < -0.3 is 14.8 Å². The Balaban J connectivity index is 1.53. The van der Waals surface area contributed by atoms with E-state index >= 15 is 0 Å². The predicted molar refractivity (Wildman–Crippen MR) is 58.0 cm³/mol. The molecule has 0 spiro atoms. The lowest BCUT2D eigenvalue weighted by Crippen LogP contribution is -2.34. The molecule has 2 bridgehead atoms. The van der Waals surface area contributed by atoms with Gasteiger partial charge in [0.1, 0.15) is 6.10 Å². The summed E-state index contributed by atoms with van der Waals surface area (Å²) >= 11 is 0. The molecular weight excluding hydrogens is 206 g/mol. The molecule has 0 saturated carbocycles. The lowest BCUT2D eigenvalue weighted by molar-refractivity contribution is -0.158. The first-order valence-electron chi connectivity index (χ1n) is 6.37. The molecule has 0 radical (unpaired) electrons. The summed E-state index contributed by atoms with van der Waals surface area (Å²) in [5, 5.41) is 3.47. The van der Waals surface area contributed by atoms with Gasteiger partial charge in [-0.2, -0.15) is 0 Å². The van der Waals surface area contributed by atoms with Gasteiger partial charge in [-0.15, -0.1) is 0 Å². The summed E-state index contributed by atoms with van der Waals surface area (Å²) in [7, 11) is 0. The van der Waals surface area contributed by atoms with Crippen LogP contribution in [0.2, 0.25) is 0 Å². The number of hydrogen-bond donors (Lipinski definition) is 1. The van der Waals surface area contributed by atoms with E-state index < -0.39 is 0 Å². The first-order valence-corrected chi connectivity index (χ1v) is 6.37. The molecule has 4 nitrogen and oxygen atoms in total. The van der Waals surface area contributed by atoms with Crippen LogP contribution in [0.15, 0.2) is 0 Å². The van der Waals surface area contributed by atoms with Crippen LogP contribution in [0, 0.1) is 5.92 Å². The second kappa shape index (κ2) is 4.34. The van der Waals surface area contributed by atoms with E-state index in [1.165, 1.54) is 6.42 Å². The number of carbonyl (C=O) groups excluding carboxylic acids is 1. The van der Waals surface area contributed by atoms with Crippen molar-refractivity contribution >= 4 is 5.97 Å². The van der Waals surface area contributed by atoms with Crippen molar-refractivity contribution in [2.45, 2.75) is 50.3 Å². The Morgan fingerprint density at radius 1 is 1.19 bits per heavy atom. The minimum Gasteiger partial charge on any atom is -0.462 e. The highest BCUT2D eigenvalue weighted by Gasteiger charge is 2.44. The molecule has 3 aliphatic rings. The van der Waals surface area contributed by atoms with E-state index in [-0.39, 0.29) is 18.0 Å². The van der Waals surface area contributed by atoms with Gasteiger partial charge in [0.2, 0.25) is 0 Å². The Morgan fingerprint density at radius 2 is 2.00 bits per heavy atom. The number of esters is 1. The van der Waals surface area contributed by atoms with Crippen LogP contribution in [-0.2, 0) is 14.3 Å². The Labute approximate surface area is 95.7 Å². The number of ether oxygens (including phenoxy) is 2. The molecule has 3 fully saturated rings. The van der Waals surface area contributed by atoms with Gasteiger partial charge in [0.15, 0.2) is 0 Å². The van der Waals surface area contributed by atoms with Gasteiger partial charge in [0.25, 0.3) is 0 Å². The summed E-state index contributed by atoms with van der Waals surface area (Å²) in [4.78, 5) is 12.0. The van der Waals surface area contributed by atoms with Crippen molar-refractivity contribution in [1.82, 2.24) is 5.32 Å². The Morgan fingerprint density at radius 3 is 2.62 bits per heavy atom. The van der Waals surface area contributed by atoms with E-state index in [1.807, 2.05) is 0 Å². The molecule has 0 aromatic rings. The number of carbonyl (C=O) groups is 1. The van der Waals surface area contributed by atoms with E-state index in [9.17, 15) is 4.79 Å². The highest BCUT2D eigenvalue weighted by molar-refractivity contribution is 5.74. The van der Waals surface area contributed by atoms with Crippen LogP contribution in [0.5, 0.6) is 0 Å². The third-order valence-corrected chi connectivity index (χ3v) is 4.05. The fraction of sp³-hybridized carbons (Fsp3) is 0.917. The van der Waals surface area contributed by atoms with Gasteiger partial charge in [0.05, 0.1) is 19.1 Å². The third kappa shape index (κ3) is 1.96. The van der Waals surface area contributed by atoms with E-state index in [2.05, 4.69) is 5.32 Å². The third-order valence-electron chi connectivity index (χ3n) is 4.05. The molecule has 3 aliphatic heterocycles. The average Bonchev–Trinajstić information content (AvgIpc) is 2.92. The number of nitrogens with one attached hydrogen (secondary N) is 1. The lowest BCUT2D eigenvalue weighted by atomic mass is 9.89. The average molecular weight is 225 g/mol. The molecule has 0 aliphatic carbocycles. The first-order chi connectivity index (χ1) is 7.83. The molecule has 16 heavy (non-hydrogen) atoms. The van der Waals surface area contributed by atoms with Crippen molar-refractivity contribution in [3.63, 3.8) is 0 Å². The summed E-state index contributed by atoms with van der Waals surface area (Å²) < 4.78 is 10.8. The lowest BCUT2D eigenvalue weighted by Gasteiger charge is -2.25. The number of rotatable bonds is 2. The smallest absolute Gasteiger partial charge is 0.310 e. The molecule has 3 saturated heterocycles. The van der Waals surface area contributed by atoms with Crippen LogP contribution in [0.4, 0.5) is 0 Å². The van der Waals surface area contributed by atoms with Gasteiger partial charge >= 0.3 is 5.97 Å². The van der Waals surface area contributed by atoms with E-state index in [1.54, 1.807) is 0 Å². The largest absolute Gasteiger partial charge is 0.462 e. The van der Waals surface area contributed by atoms with Crippen LogP contribution in [0.1, 0.15) is 32.1 Å². The number of hydrogen-bond acceptors (Lipinski definition) is 4. The Bertz CT molecular complexity index is 275. The fourth-order valence-corrected chi connectivity index (χ4v) is 3.13. The first kappa shape index (κ1) is 10.5. The van der Waals surface area contributed by atoms with Gasteiger partial charge in [0, 0.05) is 24.9 Å². The minimum atomic E-state index is 0.0200. The molecule has 3 unspecified atom stereocenters. The van der Waals surface area contributed by atoms with Crippen LogP contribution in [-0.4, -0.2) is 37.4 Å². The zero-order valence-electron chi connectivity index (χ0n) is 9.48. The van der Waals surface area contributed by atoms with E-state index in [0.29, 0.717) is 12.1 Å². The van der Waals surface area contributed by atoms with Gasteiger partial charge in [-0.05, 0) is 19.3 Å². The predicted octanol–water partition coefficient (Wildman–Crippen LogP) is 0.849. The van der Waals surface area contributed by atoms with Crippen molar-refractivity contribution in [2.24, 2.45) is 5.92 Å². The highest BCUT2D eigenvalue weighted by Crippen LogP contribution is 2.34. The summed E-state index contributed by atoms with van der Waals surface area (Å²) in [5.41, 5.74) is 0. The fourth-order valence-electron chi connectivity index (χ4n) is 3.13. The van der Waals surface area contributed by atoms with E-state index in [0.717, 1.165) is 38.9 Å². The van der Waals surface area contributed by atoms with Crippen LogP contribution >= 0.6 is 0 Å². The molecule has 0 aromatic carbocycles. The zero-order valence-corrected chi connectivity index (χ0v) is 9.48. The zero-order chi connectivity index (χ0) is 11.0. The molecule has 0 aromatic heterocycles. The Kier molecular flexibility index (Phi) is 2.86. The van der Waals surface area contributed by atoms with Crippen LogP contribution < -0.4 is 5.32 Å². The normalized spacial score (nSPS) is 38.9. The maximum atomic E-state index is 12.0. The maximum absolute atomic E-state index is 12.0. The molecule has 90 valence electrons. The monoisotopic (exact) mass is 225 g/mol. The van der Waals surface area contributed by atoms with Crippen molar-refractivity contribution < 1.29 is 14.3 Å². The second-order valence-electron chi connectivity index (χ2n) is 5.14. The molecular formula is C12H19NO3. The van der Waals surface area contributed by atoms with Crippen molar-refractivity contribution in [1.29, 1.82) is 0 Å². The topological polar surface area (TPSA) is 47.6 Å². The maximum Gasteiger partial charge on any atom is 0.310 e. The van der Waals surface area contributed by atoms with Crippen molar-refractivity contribution in [3.05, 3.63) is 0 Å². The molecule has 3 rings (SSSR count). The van der Waals surface area contributed by atoms with Gasteiger partial charge in [-0.3, -0.25) is 4.79 Å².